The maximum Gasteiger partial charge on any atom is 0.389 e. The first-order chi connectivity index (χ1) is 9.90. The Balaban J connectivity index is 2.37. The van der Waals surface area contributed by atoms with Crippen LogP contribution in [0.4, 0.5) is 13.2 Å². The fourth-order valence-corrected chi connectivity index (χ4v) is 2.06. The van der Waals surface area contributed by atoms with Crippen molar-refractivity contribution in [3.8, 4) is 5.75 Å². The van der Waals surface area contributed by atoms with E-state index in [1.807, 2.05) is 38.1 Å². The molecule has 1 rings (SSSR count). The summed E-state index contributed by atoms with van der Waals surface area (Å²) in [5, 5.41) is 3.16. The minimum atomic E-state index is -4.09. The van der Waals surface area contributed by atoms with E-state index in [-0.39, 0.29) is 12.5 Å². The predicted molar refractivity (Wildman–Crippen MR) is 78.7 cm³/mol. The van der Waals surface area contributed by atoms with Crippen LogP contribution in [-0.4, -0.2) is 25.4 Å². The Morgan fingerprint density at radius 1 is 1.24 bits per heavy atom. The first-order valence-corrected chi connectivity index (χ1v) is 7.40. The van der Waals surface area contributed by atoms with E-state index in [1.54, 1.807) is 0 Å². The second kappa shape index (κ2) is 8.93. The van der Waals surface area contributed by atoms with Crippen molar-refractivity contribution >= 4 is 0 Å². The number of benzene rings is 1. The molecule has 1 atom stereocenters. The van der Waals surface area contributed by atoms with Crippen molar-refractivity contribution in [2.45, 2.75) is 51.7 Å². The van der Waals surface area contributed by atoms with E-state index in [1.165, 1.54) is 0 Å². The summed E-state index contributed by atoms with van der Waals surface area (Å²) >= 11 is 0. The van der Waals surface area contributed by atoms with Crippen molar-refractivity contribution in [3.05, 3.63) is 29.8 Å². The molecule has 0 amide bonds. The van der Waals surface area contributed by atoms with Crippen LogP contribution in [0.25, 0.3) is 0 Å². The van der Waals surface area contributed by atoms with Gasteiger partial charge in [-0.1, -0.05) is 19.1 Å². The monoisotopic (exact) mass is 303 g/mol. The van der Waals surface area contributed by atoms with Gasteiger partial charge < -0.3 is 10.1 Å². The molecule has 0 aliphatic carbocycles. The molecule has 0 saturated carbocycles. The third-order valence-electron chi connectivity index (χ3n) is 3.18. The molecule has 1 aromatic rings. The summed E-state index contributed by atoms with van der Waals surface area (Å²) in [6.45, 7) is 5.12. The third kappa shape index (κ3) is 8.60. The van der Waals surface area contributed by atoms with Crippen LogP contribution in [0.5, 0.6) is 5.75 Å². The number of aryl methyl sites for hydroxylation is 1. The number of rotatable bonds is 9. The molecule has 0 heterocycles. The SMILES string of the molecule is CCCNC(CCOc1cccc(C)c1)CCC(F)(F)F. The molecule has 0 spiro atoms. The van der Waals surface area contributed by atoms with E-state index in [0.29, 0.717) is 13.0 Å². The van der Waals surface area contributed by atoms with Gasteiger partial charge in [0, 0.05) is 12.5 Å². The van der Waals surface area contributed by atoms with Crippen LogP contribution in [-0.2, 0) is 0 Å². The van der Waals surface area contributed by atoms with Gasteiger partial charge in [-0.3, -0.25) is 0 Å². The quantitative estimate of drug-likeness (QED) is 0.726. The molecule has 1 unspecified atom stereocenters. The fraction of sp³-hybridized carbons (Fsp3) is 0.625. The Kier molecular flexibility index (Phi) is 7.57. The van der Waals surface area contributed by atoms with Crippen LogP contribution in [0, 0.1) is 6.92 Å². The van der Waals surface area contributed by atoms with Crippen molar-refractivity contribution in [2.24, 2.45) is 0 Å². The van der Waals surface area contributed by atoms with E-state index < -0.39 is 12.6 Å². The standard InChI is InChI=1S/C16H24F3NO/c1-3-10-20-14(7-9-16(17,18)19)8-11-21-15-6-4-5-13(2)12-15/h4-6,12,14,20H,3,7-11H2,1-2H3. The molecule has 0 fully saturated rings. The molecule has 0 bridgehead atoms. The molecule has 0 aliphatic rings. The molecule has 0 radical (unpaired) electrons. The van der Waals surface area contributed by atoms with Crippen molar-refractivity contribution < 1.29 is 17.9 Å². The highest BCUT2D eigenvalue weighted by atomic mass is 19.4. The van der Waals surface area contributed by atoms with E-state index >= 15 is 0 Å². The zero-order chi connectivity index (χ0) is 15.7. The van der Waals surface area contributed by atoms with Crippen LogP contribution < -0.4 is 10.1 Å². The van der Waals surface area contributed by atoms with Gasteiger partial charge in [0.05, 0.1) is 6.61 Å². The topological polar surface area (TPSA) is 21.3 Å². The van der Waals surface area contributed by atoms with Crippen molar-refractivity contribution in [1.82, 2.24) is 5.32 Å². The molecular formula is C16H24F3NO. The summed E-state index contributed by atoms with van der Waals surface area (Å²) in [6.07, 6.45) is -3.27. The lowest BCUT2D eigenvalue weighted by molar-refractivity contribution is -0.136. The summed E-state index contributed by atoms with van der Waals surface area (Å²) in [5.41, 5.74) is 1.10. The van der Waals surface area contributed by atoms with Crippen LogP contribution in [0.3, 0.4) is 0 Å². The van der Waals surface area contributed by atoms with Gasteiger partial charge in [0.1, 0.15) is 5.75 Å². The predicted octanol–water partition coefficient (Wildman–Crippen LogP) is 4.47. The van der Waals surface area contributed by atoms with Crippen LogP contribution in [0.2, 0.25) is 0 Å². The van der Waals surface area contributed by atoms with E-state index in [4.69, 9.17) is 4.74 Å². The van der Waals surface area contributed by atoms with Crippen molar-refractivity contribution in [1.29, 1.82) is 0 Å². The summed E-state index contributed by atoms with van der Waals surface area (Å²) in [5.74, 6) is 0.764. The molecule has 1 aromatic carbocycles. The number of alkyl halides is 3. The molecule has 5 heteroatoms. The third-order valence-corrected chi connectivity index (χ3v) is 3.18. The molecule has 120 valence electrons. The Labute approximate surface area is 124 Å². The molecule has 0 saturated heterocycles. The van der Waals surface area contributed by atoms with Crippen LogP contribution >= 0.6 is 0 Å². The minimum absolute atomic E-state index is 0.0979. The second-order valence-electron chi connectivity index (χ2n) is 5.26. The molecule has 1 N–H and O–H groups in total. The largest absolute Gasteiger partial charge is 0.494 e. The van der Waals surface area contributed by atoms with Gasteiger partial charge in [-0.05, 0) is 50.4 Å². The smallest absolute Gasteiger partial charge is 0.389 e. The normalized spacial score (nSPS) is 13.2. The lowest BCUT2D eigenvalue weighted by Crippen LogP contribution is -2.32. The highest BCUT2D eigenvalue weighted by Gasteiger charge is 2.28. The van der Waals surface area contributed by atoms with Crippen LogP contribution in [0.15, 0.2) is 24.3 Å². The average molecular weight is 303 g/mol. The molecule has 0 aliphatic heterocycles. The number of hydrogen-bond acceptors (Lipinski definition) is 2. The van der Waals surface area contributed by atoms with Gasteiger partial charge in [0.25, 0.3) is 0 Å². The summed E-state index contributed by atoms with van der Waals surface area (Å²) < 4.78 is 42.5. The second-order valence-corrected chi connectivity index (χ2v) is 5.26. The summed E-state index contributed by atoms with van der Waals surface area (Å²) in [4.78, 5) is 0. The zero-order valence-electron chi connectivity index (χ0n) is 12.7. The van der Waals surface area contributed by atoms with Gasteiger partial charge in [-0.15, -0.1) is 0 Å². The summed E-state index contributed by atoms with van der Waals surface area (Å²) in [6, 6.07) is 7.50. The maximum absolute atomic E-state index is 12.3. The minimum Gasteiger partial charge on any atom is -0.494 e. The first-order valence-electron chi connectivity index (χ1n) is 7.40. The molecule has 21 heavy (non-hydrogen) atoms. The molecule has 0 aromatic heterocycles. The Morgan fingerprint density at radius 2 is 2.00 bits per heavy atom. The highest BCUT2D eigenvalue weighted by Crippen LogP contribution is 2.23. The van der Waals surface area contributed by atoms with Gasteiger partial charge in [0.15, 0.2) is 0 Å². The number of nitrogens with one attached hydrogen (secondary N) is 1. The zero-order valence-corrected chi connectivity index (χ0v) is 12.7. The fourth-order valence-electron chi connectivity index (χ4n) is 2.06. The van der Waals surface area contributed by atoms with Crippen molar-refractivity contribution in [3.63, 3.8) is 0 Å². The van der Waals surface area contributed by atoms with Crippen LogP contribution in [0.1, 0.15) is 38.2 Å². The van der Waals surface area contributed by atoms with E-state index in [9.17, 15) is 13.2 Å². The first kappa shape index (κ1) is 17.8. The Hall–Kier alpha value is -1.23. The molecular weight excluding hydrogens is 279 g/mol. The van der Waals surface area contributed by atoms with Gasteiger partial charge in [0.2, 0.25) is 0 Å². The number of halogens is 3. The Morgan fingerprint density at radius 3 is 2.62 bits per heavy atom. The van der Waals surface area contributed by atoms with E-state index in [2.05, 4.69) is 5.32 Å². The average Bonchev–Trinajstić information content (AvgIpc) is 2.40. The number of ether oxygens (including phenoxy) is 1. The van der Waals surface area contributed by atoms with E-state index in [0.717, 1.165) is 24.3 Å². The number of hydrogen-bond donors (Lipinski definition) is 1. The lowest BCUT2D eigenvalue weighted by atomic mass is 10.1. The summed E-state index contributed by atoms with van der Waals surface area (Å²) in [7, 11) is 0. The van der Waals surface area contributed by atoms with Crippen molar-refractivity contribution in [2.75, 3.05) is 13.2 Å². The lowest BCUT2D eigenvalue weighted by Gasteiger charge is -2.19. The van der Waals surface area contributed by atoms with Gasteiger partial charge in [-0.25, -0.2) is 0 Å². The van der Waals surface area contributed by atoms with Gasteiger partial charge in [-0.2, -0.15) is 13.2 Å². The van der Waals surface area contributed by atoms with Gasteiger partial charge >= 0.3 is 6.18 Å². The molecule has 2 nitrogen and oxygen atoms in total. The maximum atomic E-state index is 12.3. The highest BCUT2D eigenvalue weighted by molar-refractivity contribution is 5.27. The Bertz CT molecular complexity index is 407.